The zero-order chi connectivity index (χ0) is 20.2. The second-order valence-corrected chi connectivity index (χ2v) is 8.08. The number of fused-ring (bicyclic) bond motifs is 1. The van der Waals surface area contributed by atoms with Crippen LogP contribution in [-0.2, 0) is 4.79 Å². The number of pyridine rings is 1. The fraction of sp³-hybridized carbons (Fsp3) is 0.458. The highest BCUT2D eigenvalue weighted by Gasteiger charge is 2.25. The van der Waals surface area contributed by atoms with Gasteiger partial charge >= 0.3 is 0 Å². The van der Waals surface area contributed by atoms with Crippen LogP contribution in [0, 0.1) is 0 Å². The monoisotopic (exact) mass is 425 g/mol. The summed E-state index contributed by atoms with van der Waals surface area (Å²) in [5.74, 6) is 2.30. The first-order chi connectivity index (χ1) is 14.1. The van der Waals surface area contributed by atoms with Crippen LogP contribution in [0.3, 0.4) is 0 Å². The van der Waals surface area contributed by atoms with Crippen molar-refractivity contribution in [3.05, 3.63) is 48.1 Å². The highest BCUT2D eigenvalue weighted by Crippen LogP contribution is 2.39. The number of carbonyl (C=O) groups is 1. The number of hydrogen-bond acceptors (Lipinski definition) is 5. The first-order valence-electron chi connectivity index (χ1n) is 10.8. The molecule has 160 valence electrons. The second-order valence-electron chi connectivity index (χ2n) is 8.08. The Labute approximate surface area is 184 Å². The molecule has 1 aliphatic carbocycles. The molecule has 1 aromatic carbocycles. The third-order valence-electron chi connectivity index (χ3n) is 5.70. The summed E-state index contributed by atoms with van der Waals surface area (Å²) < 4.78 is 5.95. The van der Waals surface area contributed by atoms with Gasteiger partial charge in [-0.1, -0.05) is 25.8 Å². The van der Waals surface area contributed by atoms with Gasteiger partial charge in [-0.05, 0) is 49.9 Å². The number of oxazole rings is 1. The molecule has 0 saturated heterocycles. The number of Topliss-reactive ketones (excluding diaryl/α,β-unsaturated/α-hetero) is 1. The Hall–Kier alpha value is -2.18. The van der Waals surface area contributed by atoms with E-state index in [1.54, 1.807) is 6.20 Å². The molecule has 0 radical (unpaired) electrons. The van der Waals surface area contributed by atoms with E-state index in [4.69, 9.17) is 15.1 Å². The number of hydrogen-bond donors (Lipinski definition) is 1. The molecule has 30 heavy (non-hydrogen) atoms. The van der Waals surface area contributed by atoms with Crippen molar-refractivity contribution in [1.29, 1.82) is 0 Å². The summed E-state index contributed by atoms with van der Waals surface area (Å²) in [7, 11) is 0. The van der Waals surface area contributed by atoms with Crippen LogP contribution in [0.4, 0.5) is 0 Å². The average molecular weight is 426 g/mol. The maximum absolute atomic E-state index is 11.3. The number of carbonyl (C=O) groups excluding carboxylic acids is 1. The number of ketones is 1. The quantitative estimate of drug-likeness (QED) is 0.415. The van der Waals surface area contributed by atoms with Gasteiger partial charge in [0.05, 0.1) is 17.8 Å². The maximum Gasteiger partial charge on any atom is 0.211 e. The molecule has 0 unspecified atom stereocenters. The normalized spacial score (nSPS) is 14.5. The molecule has 2 heterocycles. The predicted octanol–water partition coefficient (Wildman–Crippen LogP) is 5.81. The largest absolute Gasteiger partial charge is 0.439 e. The first-order valence-corrected chi connectivity index (χ1v) is 10.8. The van der Waals surface area contributed by atoms with Crippen molar-refractivity contribution in [3.63, 3.8) is 0 Å². The summed E-state index contributed by atoms with van der Waals surface area (Å²) in [4.78, 5) is 20.5. The molecule has 4 rings (SSSR count). The van der Waals surface area contributed by atoms with E-state index < -0.39 is 0 Å². The van der Waals surface area contributed by atoms with Gasteiger partial charge in [0.1, 0.15) is 5.78 Å². The van der Waals surface area contributed by atoms with Gasteiger partial charge in [-0.2, -0.15) is 13.5 Å². The van der Waals surface area contributed by atoms with Crippen LogP contribution in [0.15, 0.2) is 40.9 Å². The van der Waals surface area contributed by atoms with Crippen molar-refractivity contribution in [3.8, 4) is 11.3 Å². The number of aromatic nitrogens is 2. The lowest BCUT2D eigenvalue weighted by molar-refractivity contribution is -0.118. The van der Waals surface area contributed by atoms with Crippen molar-refractivity contribution in [1.82, 2.24) is 9.97 Å². The Morgan fingerprint density at radius 1 is 1.20 bits per heavy atom. The van der Waals surface area contributed by atoms with Gasteiger partial charge in [0.25, 0.3) is 0 Å². The topological polar surface area (TPSA) is 82.0 Å². The van der Waals surface area contributed by atoms with E-state index in [0.29, 0.717) is 30.4 Å². The van der Waals surface area contributed by atoms with E-state index in [1.165, 1.54) is 18.5 Å². The molecule has 6 heteroatoms. The van der Waals surface area contributed by atoms with Crippen LogP contribution in [-0.4, -0.2) is 15.8 Å². The summed E-state index contributed by atoms with van der Waals surface area (Å²) >= 11 is 0. The number of benzene rings is 1. The molecule has 0 spiro atoms. The lowest BCUT2D eigenvalue weighted by atomic mass is 10.1. The molecule has 1 saturated carbocycles. The van der Waals surface area contributed by atoms with Gasteiger partial charge in [0, 0.05) is 35.4 Å². The van der Waals surface area contributed by atoms with Gasteiger partial charge in [0.15, 0.2) is 5.76 Å². The first kappa shape index (κ1) is 22.5. The molecule has 2 N–H and O–H groups in total. The fourth-order valence-electron chi connectivity index (χ4n) is 3.66. The van der Waals surface area contributed by atoms with Crippen molar-refractivity contribution < 1.29 is 9.21 Å². The number of unbranched alkanes of at least 4 members (excludes halogenated alkanes) is 2. The molecule has 2 aromatic heterocycles. The molecule has 5 nitrogen and oxygen atoms in total. The molecular weight excluding hydrogens is 394 g/mol. The highest BCUT2D eigenvalue weighted by molar-refractivity contribution is 7.59. The zero-order valence-electron chi connectivity index (χ0n) is 17.6. The van der Waals surface area contributed by atoms with E-state index in [-0.39, 0.29) is 19.5 Å². The van der Waals surface area contributed by atoms with Gasteiger partial charge < -0.3 is 10.2 Å². The standard InChI is InChI=1S/C24H29N3O2.H2S/c1-2-19(28)6-4-3-5-7-20(25)24-26-15-23(29-24)18-11-13-22-17(14-18)10-12-21(27-22)16-8-9-16;/h10-16,20H,2-9,25H2,1H3;1H2/t20-;/m0./s1. The summed E-state index contributed by atoms with van der Waals surface area (Å²) in [5.41, 5.74) is 9.48. The minimum Gasteiger partial charge on any atom is -0.439 e. The Morgan fingerprint density at radius 3 is 2.80 bits per heavy atom. The van der Waals surface area contributed by atoms with E-state index in [9.17, 15) is 4.79 Å². The average Bonchev–Trinajstić information content (AvgIpc) is 3.48. The van der Waals surface area contributed by atoms with E-state index in [2.05, 4.69) is 29.2 Å². The van der Waals surface area contributed by atoms with Gasteiger partial charge in [-0.3, -0.25) is 9.78 Å². The summed E-state index contributed by atoms with van der Waals surface area (Å²) in [5, 5.41) is 1.11. The minimum absolute atomic E-state index is 0. The third kappa shape index (κ3) is 5.49. The third-order valence-corrected chi connectivity index (χ3v) is 5.70. The minimum atomic E-state index is -0.214. The molecule has 0 amide bonds. The van der Waals surface area contributed by atoms with Crippen LogP contribution >= 0.6 is 13.5 Å². The molecule has 1 aliphatic rings. The van der Waals surface area contributed by atoms with E-state index in [1.807, 2.05) is 13.0 Å². The summed E-state index contributed by atoms with van der Waals surface area (Å²) in [6, 6.07) is 10.3. The van der Waals surface area contributed by atoms with Crippen LogP contribution in [0.5, 0.6) is 0 Å². The second kappa shape index (κ2) is 10.2. The lowest BCUT2D eigenvalue weighted by Crippen LogP contribution is -2.10. The molecule has 3 aromatic rings. The van der Waals surface area contributed by atoms with Crippen molar-refractivity contribution in [2.45, 2.75) is 70.3 Å². The van der Waals surface area contributed by atoms with Crippen molar-refractivity contribution >= 4 is 30.2 Å². The number of rotatable bonds is 10. The summed E-state index contributed by atoms with van der Waals surface area (Å²) in [6.07, 6.45) is 9.30. The van der Waals surface area contributed by atoms with Crippen molar-refractivity contribution in [2.75, 3.05) is 0 Å². The Kier molecular flexibility index (Phi) is 7.67. The SMILES string of the molecule is CCC(=O)CCCCC[C@H](N)c1ncc(-c2ccc3nc(C4CC4)ccc3c2)o1.S. The zero-order valence-corrected chi connectivity index (χ0v) is 18.6. The smallest absolute Gasteiger partial charge is 0.211 e. The van der Waals surface area contributed by atoms with Crippen LogP contribution in [0.2, 0.25) is 0 Å². The molecule has 1 fully saturated rings. The number of nitrogens with two attached hydrogens (primary N) is 1. The van der Waals surface area contributed by atoms with Crippen LogP contribution < -0.4 is 5.73 Å². The molecule has 1 atom stereocenters. The highest BCUT2D eigenvalue weighted by atomic mass is 32.1. The van der Waals surface area contributed by atoms with Gasteiger partial charge in [-0.15, -0.1) is 0 Å². The van der Waals surface area contributed by atoms with Gasteiger partial charge in [-0.25, -0.2) is 4.98 Å². The van der Waals surface area contributed by atoms with Crippen LogP contribution in [0.25, 0.3) is 22.2 Å². The maximum atomic E-state index is 11.3. The van der Waals surface area contributed by atoms with Crippen molar-refractivity contribution in [2.24, 2.45) is 5.73 Å². The summed E-state index contributed by atoms with van der Waals surface area (Å²) in [6.45, 7) is 1.91. The van der Waals surface area contributed by atoms with E-state index >= 15 is 0 Å². The Bertz CT molecular complexity index is 997. The Balaban J connectivity index is 0.00000256. The Morgan fingerprint density at radius 2 is 2.03 bits per heavy atom. The van der Waals surface area contributed by atoms with Gasteiger partial charge in [0.2, 0.25) is 5.89 Å². The molecule has 0 bridgehead atoms. The lowest BCUT2D eigenvalue weighted by Gasteiger charge is -2.07. The number of nitrogens with zero attached hydrogens (tertiary/aromatic N) is 2. The van der Waals surface area contributed by atoms with E-state index in [0.717, 1.165) is 47.9 Å². The molecule has 0 aliphatic heterocycles. The predicted molar refractivity (Wildman–Crippen MR) is 125 cm³/mol. The molecular formula is C24H31N3O2S. The fourth-order valence-corrected chi connectivity index (χ4v) is 3.66. The van der Waals surface area contributed by atoms with Crippen LogP contribution in [0.1, 0.15) is 81.8 Å².